The molecule has 0 N–H and O–H groups in total. The summed E-state index contributed by atoms with van der Waals surface area (Å²) in [5.41, 5.74) is 2.60. The van der Waals surface area contributed by atoms with Crippen LogP contribution in [0.25, 0.3) is 0 Å². The maximum absolute atomic E-state index is 6.18. The number of methoxy groups -OCH3 is 2. The van der Waals surface area contributed by atoms with Gasteiger partial charge in [-0.1, -0.05) is 0 Å². The highest BCUT2D eigenvalue weighted by atomic mass is 16.5. The van der Waals surface area contributed by atoms with Crippen molar-refractivity contribution in [1.82, 2.24) is 9.80 Å². The molecule has 1 saturated heterocycles. The molecule has 128 valence electrons. The fourth-order valence-electron chi connectivity index (χ4n) is 3.45. The molecular weight excluding hydrogens is 292 g/mol. The topological polar surface area (TPSA) is 34.2 Å². The Kier molecular flexibility index (Phi) is 5.41. The van der Waals surface area contributed by atoms with Gasteiger partial charge in [-0.25, -0.2) is 0 Å². The second-order valence-electron chi connectivity index (χ2n) is 6.47. The van der Waals surface area contributed by atoms with Crippen molar-refractivity contribution >= 4 is 0 Å². The predicted octanol–water partition coefficient (Wildman–Crippen LogP) is 1.96. The van der Waals surface area contributed by atoms with Crippen LogP contribution in [0.4, 0.5) is 0 Å². The molecule has 1 fully saturated rings. The number of likely N-dealkylation sites (N-methyl/N-ethyl adjacent to an activating group) is 1. The summed E-state index contributed by atoms with van der Waals surface area (Å²) in [6.45, 7) is 6.25. The van der Waals surface area contributed by atoms with Crippen molar-refractivity contribution in [2.45, 2.75) is 18.9 Å². The smallest absolute Gasteiger partial charge is 0.161 e. The van der Waals surface area contributed by atoms with Crippen molar-refractivity contribution in [1.29, 1.82) is 0 Å². The molecule has 0 amide bonds. The maximum Gasteiger partial charge on any atom is 0.161 e. The van der Waals surface area contributed by atoms with E-state index in [1.54, 1.807) is 14.2 Å². The summed E-state index contributed by atoms with van der Waals surface area (Å²) in [5.74, 6) is 1.60. The van der Waals surface area contributed by atoms with E-state index in [2.05, 4.69) is 29.0 Å². The van der Waals surface area contributed by atoms with Crippen molar-refractivity contribution in [3.05, 3.63) is 23.3 Å². The zero-order valence-electron chi connectivity index (χ0n) is 14.5. The molecular formula is C18H28N2O3. The zero-order valence-corrected chi connectivity index (χ0v) is 14.5. The molecule has 1 aromatic carbocycles. The molecule has 2 aliphatic rings. The first kappa shape index (κ1) is 16.6. The first-order valence-electron chi connectivity index (χ1n) is 8.48. The lowest BCUT2D eigenvalue weighted by atomic mass is 9.98. The van der Waals surface area contributed by atoms with Gasteiger partial charge in [-0.05, 0) is 43.1 Å². The number of ether oxygens (including phenoxy) is 3. The van der Waals surface area contributed by atoms with Crippen molar-refractivity contribution in [3.63, 3.8) is 0 Å². The van der Waals surface area contributed by atoms with E-state index in [4.69, 9.17) is 14.2 Å². The van der Waals surface area contributed by atoms with E-state index in [1.807, 2.05) is 0 Å². The first-order chi connectivity index (χ1) is 11.2. The molecule has 1 aromatic rings. The normalized spacial score (nSPS) is 23.2. The molecule has 3 rings (SSSR count). The average Bonchev–Trinajstić information content (AvgIpc) is 2.77. The van der Waals surface area contributed by atoms with Gasteiger partial charge in [0.15, 0.2) is 11.5 Å². The number of benzene rings is 1. The Balaban J connectivity index is 1.82. The molecule has 0 aromatic heterocycles. The van der Waals surface area contributed by atoms with Crippen LogP contribution in [0.15, 0.2) is 12.1 Å². The number of hydrogen-bond acceptors (Lipinski definition) is 5. The highest BCUT2D eigenvalue weighted by Gasteiger charge is 2.25. The molecule has 1 atom stereocenters. The third-order valence-electron chi connectivity index (χ3n) is 4.92. The fourth-order valence-corrected chi connectivity index (χ4v) is 3.45. The third kappa shape index (κ3) is 3.79. The Hall–Kier alpha value is -1.30. The van der Waals surface area contributed by atoms with Crippen LogP contribution in [0, 0.1) is 0 Å². The van der Waals surface area contributed by atoms with E-state index in [0.29, 0.717) is 0 Å². The highest BCUT2D eigenvalue weighted by Crippen LogP contribution is 2.36. The number of fused-ring (bicyclic) bond motifs is 1. The minimum Gasteiger partial charge on any atom is -0.493 e. The molecule has 0 aliphatic carbocycles. The van der Waals surface area contributed by atoms with Gasteiger partial charge < -0.3 is 19.1 Å². The molecule has 0 saturated carbocycles. The van der Waals surface area contributed by atoms with Crippen LogP contribution in [-0.4, -0.2) is 70.4 Å². The van der Waals surface area contributed by atoms with Gasteiger partial charge >= 0.3 is 0 Å². The van der Waals surface area contributed by atoms with E-state index in [-0.39, 0.29) is 6.10 Å². The van der Waals surface area contributed by atoms with E-state index in [0.717, 1.165) is 63.7 Å². The predicted molar refractivity (Wildman–Crippen MR) is 90.5 cm³/mol. The number of nitrogens with zero attached hydrogens (tertiary/aromatic N) is 2. The van der Waals surface area contributed by atoms with E-state index < -0.39 is 0 Å². The fraction of sp³-hybridized carbons (Fsp3) is 0.667. The lowest BCUT2D eigenvalue weighted by molar-refractivity contribution is 0.0173. The summed E-state index contributed by atoms with van der Waals surface area (Å²) < 4.78 is 17.1. The summed E-state index contributed by atoms with van der Waals surface area (Å²) in [4.78, 5) is 4.89. The van der Waals surface area contributed by atoms with E-state index in [1.165, 1.54) is 11.1 Å². The monoisotopic (exact) mass is 320 g/mol. The Labute approximate surface area is 139 Å². The third-order valence-corrected chi connectivity index (χ3v) is 4.92. The molecule has 0 bridgehead atoms. The molecule has 2 aliphatic heterocycles. The number of aryl methyl sites for hydroxylation is 1. The molecule has 1 unspecified atom stereocenters. The standard InChI is InChI=1S/C18H28N2O3/c1-19-6-8-20(9-7-19)13-18-15-12-17(22-3)16(21-2)11-14(15)5-4-10-23-18/h11-12,18H,4-10,13H2,1-3H3. The van der Waals surface area contributed by atoms with Gasteiger partial charge in [-0.2, -0.15) is 0 Å². The Bertz CT molecular complexity index is 527. The van der Waals surface area contributed by atoms with Crippen molar-refractivity contribution in [2.24, 2.45) is 0 Å². The van der Waals surface area contributed by atoms with Crippen LogP contribution in [0.5, 0.6) is 11.5 Å². The number of piperazine rings is 1. The summed E-state index contributed by atoms with van der Waals surface area (Å²) in [6, 6.07) is 4.24. The molecule has 5 nitrogen and oxygen atoms in total. The maximum atomic E-state index is 6.18. The van der Waals surface area contributed by atoms with Gasteiger partial charge in [0.05, 0.1) is 20.3 Å². The number of rotatable bonds is 4. The minimum atomic E-state index is 0.121. The summed E-state index contributed by atoms with van der Waals surface area (Å²) in [5, 5.41) is 0. The van der Waals surface area contributed by atoms with Gasteiger partial charge in [0.1, 0.15) is 0 Å². The van der Waals surface area contributed by atoms with Crippen LogP contribution in [0.3, 0.4) is 0 Å². The highest BCUT2D eigenvalue weighted by molar-refractivity contribution is 5.48. The molecule has 0 spiro atoms. The Morgan fingerprint density at radius 2 is 1.78 bits per heavy atom. The largest absolute Gasteiger partial charge is 0.493 e. The molecule has 23 heavy (non-hydrogen) atoms. The second-order valence-corrected chi connectivity index (χ2v) is 6.47. The first-order valence-corrected chi connectivity index (χ1v) is 8.48. The lowest BCUT2D eigenvalue weighted by Crippen LogP contribution is -2.46. The van der Waals surface area contributed by atoms with Gasteiger partial charge in [0.25, 0.3) is 0 Å². The van der Waals surface area contributed by atoms with Gasteiger partial charge in [0.2, 0.25) is 0 Å². The van der Waals surface area contributed by atoms with Crippen LogP contribution in [0.2, 0.25) is 0 Å². The lowest BCUT2D eigenvalue weighted by Gasteiger charge is -2.34. The quantitative estimate of drug-likeness (QED) is 0.847. The van der Waals surface area contributed by atoms with Crippen LogP contribution in [-0.2, 0) is 11.2 Å². The summed E-state index contributed by atoms with van der Waals surface area (Å²) >= 11 is 0. The SMILES string of the molecule is COc1cc2c(cc1OC)C(CN1CCN(C)CC1)OCCC2. The second kappa shape index (κ2) is 7.51. The van der Waals surface area contributed by atoms with Crippen molar-refractivity contribution in [2.75, 3.05) is 60.6 Å². The van der Waals surface area contributed by atoms with Crippen molar-refractivity contribution < 1.29 is 14.2 Å². The number of hydrogen-bond donors (Lipinski definition) is 0. The minimum absolute atomic E-state index is 0.121. The molecule has 5 heteroatoms. The van der Waals surface area contributed by atoms with E-state index in [9.17, 15) is 0 Å². The van der Waals surface area contributed by atoms with Gasteiger partial charge in [0, 0.05) is 39.3 Å². The summed E-state index contributed by atoms with van der Waals surface area (Å²) in [7, 11) is 5.57. The summed E-state index contributed by atoms with van der Waals surface area (Å²) in [6.07, 6.45) is 2.21. The molecule has 2 heterocycles. The van der Waals surface area contributed by atoms with Crippen LogP contribution < -0.4 is 9.47 Å². The van der Waals surface area contributed by atoms with Gasteiger partial charge in [-0.3, -0.25) is 4.90 Å². The van der Waals surface area contributed by atoms with Crippen LogP contribution in [0.1, 0.15) is 23.7 Å². The van der Waals surface area contributed by atoms with Gasteiger partial charge in [-0.15, -0.1) is 0 Å². The van der Waals surface area contributed by atoms with E-state index >= 15 is 0 Å². The Morgan fingerprint density at radius 1 is 1.09 bits per heavy atom. The van der Waals surface area contributed by atoms with Crippen molar-refractivity contribution in [3.8, 4) is 11.5 Å². The van der Waals surface area contributed by atoms with Crippen LogP contribution >= 0.6 is 0 Å². The molecule has 0 radical (unpaired) electrons. The zero-order chi connectivity index (χ0) is 16.2. The average molecular weight is 320 g/mol. The Morgan fingerprint density at radius 3 is 2.48 bits per heavy atom.